The number of nitrogens with zero attached hydrogens (tertiary/aromatic N) is 1. The highest BCUT2D eigenvalue weighted by atomic mass is 16.7. The number of rotatable bonds is 5. The summed E-state index contributed by atoms with van der Waals surface area (Å²) in [6.07, 6.45) is 0.0386. The van der Waals surface area contributed by atoms with Crippen LogP contribution < -0.4 is 16.1 Å². The molecule has 0 radical (unpaired) electrons. The van der Waals surface area contributed by atoms with Crippen LogP contribution in [-0.2, 0) is 11.2 Å². The van der Waals surface area contributed by atoms with Crippen LogP contribution in [0.1, 0.15) is 5.56 Å². The Kier molecular flexibility index (Phi) is 5.09. The molecule has 0 aliphatic rings. The smallest absolute Gasteiger partial charge is 0.276 e. The molecule has 0 aliphatic carbocycles. The average Bonchev–Trinajstić information content (AvgIpc) is 2.76. The van der Waals surface area contributed by atoms with Crippen LogP contribution in [0.5, 0.6) is 5.75 Å². The fourth-order valence-corrected chi connectivity index (χ4v) is 2.99. The molecule has 3 aromatic carbocycles. The van der Waals surface area contributed by atoms with E-state index in [1.165, 1.54) is 0 Å². The van der Waals surface area contributed by atoms with Gasteiger partial charge in [-0.1, -0.05) is 72.8 Å². The third-order valence-corrected chi connectivity index (χ3v) is 4.43. The summed E-state index contributed by atoms with van der Waals surface area (Å²) < 4.78 is 5.94. The maximum atomic E-state index is 13.1. The Balaban J connectivity index is 1.73. The zero-order chi connectivity index (χ0) is 20.2. The van der Waals surface area contributed by atoms with Crippen molar-refractivity contribution in [3.8, 4) is 17.1 Å². The third kappa shape index (κ3) is 3.88. The summed E-state index contributed by atoms with van der Waals surface area (Å²) in [7, 11) is 0. The van der Waals surface area contributed by atoms with Gasteiger partial charge < -0.3 is 9.25 Å². The third-order valence-electron chi connectivity index (χ3n) is 4.43. The highest BCUT2D eigenvalue weighted by Gasteiger charge is 2.22. The zero-order valence-corrected chi connectivity index (χ0v) is 15.4. The molecule has 0 saturated heterocycles. The molecule has 0 spiro atoms. The van der Waals surface area contributed by atoms with Gasteiger partial charge in [-0.05, 0) is 17.7 Å². The average molecular weight is 386 g/mol. The maximum absolute atomic E-state index is 13.1. The first kappa shape index (κ1) is 18.5. The van der Waals surface area contributed by atoms with Crippen molar-refractivity contribution in [2.45, 2.75) is 6.42 Å². The van der Waals surface area contributed by atoms with E-state index in [4.69, 9.17) is 15.1 Å². The Labute approximate surface area is 166 Å². The number of hydrogen-bond acceptors (Lipinski definition) is 5. The van der Waals surface area contributed by atoms with Gasteiger partial charge in [0.1, 0.15) is 5.58 Å². The van der Waals surface area contributed by atoms with Crippen molar-refractivity contribution < 1.29 is 14.0 Å². The molecule has 2 N–H and O–H groups in total. The predicted molar refractivity (Wildman–Crippen MR) is 110 cm³/mol. The van der Waals surface area contributed by atoms with Gasteiger partial charge in [-0.2, -0.15) is 0 Å². The van der Waals surface area contributed by atoms with Crippen molar-refractivity contribution in [1.82, 2.24) is 5.17 Å². The molecule has 0 bridgehead atoms. The van der Waals surface area contributed by atoms with Crippen LogP contribution in [0.15, 0.2) is 94.1 Å². The lowest BCUT2D eigenvalue weighted by Gasteiger charge is -2.18. The molecule has 29 heavy (non-hydrogen) atoms. The van der Waals surface area contributed by atoms with Crippen molar-refractivity contribution in [2.75, 3.05) is 0 Å². The van der Waals surface area contributed by atoms with Crippen molar-refractivity contribution >= 4 is 16.9 Å². The minimum Gasteiger partial charge on any atom is -0.452 e. The summed E-state index contributed by atoms with van der Waals surface area (Å²) in [5.41, 5.74) is 1.43. The van der Waals surface area contributed by atoms with E-state index in [0.717, 1.165) is 5.56 Å². The van der Waals surface area contributed by atoms with Gasteiger partial charge >= 0.3 is 0 Å². The topological polar surface area (TPSA) is 85.8 Å². The second-order valence-corrected chi connectivity index (χ2v) is 6.42. The summed E-state index contributed by atoms with van der Waals surface area (Å²) >= 11 is 0. The molecule has 4 aromatic rings. The van der Waals surface area contributed by atoms with Gasteiger partial charge in [-0.15, -0.1) is 5.17 Å². The summed E-state index contributed by atoms with van der Waals surface area (Å²) in [6, 6.07) is 25.0. The van der Waals surface area contributed by atoms with Gasteiger partial charge in [0.05, 0.1) is 11.8 Å². The zero-order valence-electron chi connectivity index (χ0n) is 15.4. The molecule has 1 heterocycles. The van der Waals surface area contributed by atoms with E-state index in [1.807, 2.05) is 48.5 Å². The van der Waals surface area contributed by atoms with E-state index < -0.39 is 11.3 Å². The highest BCUT2D eigenvalue weighted by molar-refractivity contribution is 5.82. The van der Waals surface area contributed by atoms with E-state index in [9.17, 15) is 9.59 Å². The quantitative estimate of drug-likeness (QED) is 0.321. The van der Waals surface area contributed by atoms with Gasteiger partial charge in [-0.25, -0.2) is 5.84 Å². The number of hydroxylamine groups is 1. The van der Waals surface area contributed by atoms with Crippen molar-refractivity contribution in [3.05, 3.63) is 101 Å². The Hall–Kier alpha value is -3.90. The molecule has 0 unspecified atom stereocenters. The molecule has 4 rings (SSSR count). The molecular weight excluding hydrogens is 368 g/mol. The van der Waals surface area contributed by atoms with Crippen LogP contribution in [0, 0.1) is 0 Å². The largest absolute Gasteiger partial charge is 0.452 e. The predicted octanol–water partition coefficient (Wildman–Crippen LogP) is 3.70. The fraction of sp³-hybridized carbons (Fsp3) is 0.0435. The number of para-hydroxylation sites is 1. The van der Waals surface area contributed by atoms with Crippen molar-refractivity contribution in [1.29, 1.82) is 0 Å². The van der Waals surface area contributed by atoms with E-state index in [0.29, 0.717) is 21.7 Å². The molecule has 6 nitrogen and oxygen atoms in total. The number of carbonyl (C=O) groups is 1. The van der Waals surface area contributed by atoms with Gasteiger partial charge in [0.25, 0.3) is 5.91 Å². The standard InChI is InChI=1S/C23H18N2O4/c24-25(20(26)15-16-9-3-1-4-10-16)29-23-21(27)18-13-7-8-14-19(18)28-22(23)17-11-5-2-6-12-17/h1-14H,15,24H2. The van der Waals surface area contributed by atoms with E-state index in [2.05, 4.69) is 0 Å². The van der Waals surface area contributed by atoms with Gasteiger partial charge in [0.15, 0.2) is 5.76 Å². The number of hydrazine groups is 1. The van der Waals surface area contributed by atoms with Crippen molar-refractivity contribution in [3.63, 3.8) is 0 Å². The second kappa shape index (κ2) is 8.00. The molecule has 1 aromatic heterocycles. The first-order chi connectivity index (χ1) is 14.1. The summed E-state index contributed by atoms with van der Waals surface area (Å²) in [6.45, 7) is 0. The number of carbonyl (C=O) groups excluding carboxylic acids is 1. The van der Waals surface area contributed by atoms with E-state index in [1.54, 1.807) is 36.4 Å². The lowest BCUT2D eigenvalue weighted by atomic mass is 10.1. The normalized spacial score (nSPS) is 10.7. The lowest BCUT2D eigenvalue weighted by molar-refractivity contribution is -0.157. The minimum absolute atomic E-state index is 0.0386. The Morgan fingerprint density at radius 3 is 2.24 bits per heavy atom. The van der Waals surface area contributed by atoms with Crippen LogP contribution in [0.4, 0.5) is 0 Å². The number of nitrogens with two attached hydrogens (primary N) is 1. The molecule has 0 atom stereocenters. The fourth-order valence-electron chi connectivity index (χ4n) is 2.99. The molecule has 144 valence electrons. The monoisotopic (exact) mass is 386 g/mol. The SMILES string of the molecule is NN(Oc1c(-c2ccccc2)oc2ccccc2c1=O)C(=O)Cc1ccccc1. The lowest BCUT2D eigenvalue weighted by Crippen LogP contribution is -2.42. The van der Waals surface area contributed by atoms with Crippen LogP contribution in [0.2, 0.25) is 0 Å². The highest BCUT2D eigenvalue weighted by Crippen LogP contribution is 2.30. The summed E-state index contributed by atoms with van der Waals surface area (Å²) in [5.74, 6) is 5.41. The second-order valence-electron chi connectivity index (χ2n) is 6.42. The van der Waals surface area contributed by atoms with Crippen LogP contribution in [0.3, 0.4) is 0 Å². The van der Waals surface area contributed by atoms with Gasteiger partial charge in [0, 0.05) is 5.56 Å². The number of benzene rings is 3. The Morgan fingerprint density at radius 1 is 0.897 bits per heavy atom. The van der Waals surface area contributed by atoms with Gasteiger partial charge in [-0.3, -0.25) is 9.59 Å². The van der Waals surface area contributed by atoms with Crippen LogP contribution in [0.25, 0.3) is 22.3 Å². The summed E-state index contributed by atoms with van der Waals surface area (Å²) in [4.78, 5) is 31.1. The molecule has 6 heteroatoms. The Bertz CT molecular complexity index is 1200. The molecule has 0 saturated carbocycles. The molecule has 0 fully saturated rings. The van der Waals surface area contributed by atoms with E-state index >= 15 is 0 Å². The van der Waals surface area contributed by atoms with Crippen LogP contribution >= 0.6 is 0 Å². The minimum atomic E-state index is -0.497. The van der Waals surface area contributed by atoms with Crippen LogP contribution in [-0.4, -0.2) is 11.1 Å². The number of hydrogen-bond donors (Lipinski definition) is 1. The first-order valence-corrected chi connectivity index (χ1v) is 9.04. The molecule has 1 amide bonds. The first-order valence-electron chi connectivity index (χ1n) is 9.04. The summed E-state index contributed by atoms with van der Waals surface area (Å²) in [5, 5.41) is 0.923. The van der Waals surface area contributed by atoms with Gasteiger partial charge in [0.2, 0.25) is 11.2 Å². The molecular formula is C23H18N2O4. The Morgan fingerprint density at radius 2 is 1.52 bits per heavy atom. The maximum Gasteiger partial charge on any atom is 0.276 e. The number of fused-ring (bicyclic) bond motifs is 1. The molecule has 0 aliphatic heterocycles. The van der Waals surface area contributed by atoms with Crippen molar-refractivity contribution in [2.24, 2.45) is 5.84 Å². The van der Waals surface area contributed by atoms with E-state index in [-0.39, 0.29) is 17.9 Å². The number of amides is 1.